The SMILES string of the molecule is COCCNCC1CCCN(S(=O)(=O)N2CCCCC2)C1. The minimum Gasteiger partial charge on any atom is -0.383 e. The quantitative estimate of drug-likeness (QED) is 0.701. The van der Waals surface area contributed by atoms with Crippen LogP contribution in [0.5, 0.6) is 0 Å². The average Bonchev–Trinajstić information content (AvgIpc) is 2.53. The van der Waals surface area contributed by atoms with Gasteiger partial charge in [0.25, 0.3) is 10.2 Å². The van der Waals surface area contributed by atoms with Crippen molar-refractivity contribution in [1.82, 2.24) is 13.9 Å². The summed E-state index contributed by atoms with van der Waals surface area (Å²) in [6.45, 7) is 5.10. The fourth-order valence-electron chi connectivity index (χ4n) is 3.14. The molecule has 0 spiro atoms. The first-order chi connectivity index (χ1) is 10.1. The van der Waals surface area contributed by atoms with Crippen LogP contribution >= 0.6 is 0 Å². The van der Waals surface area contributed by atoms with E-state index in [1.165, 1.54) is 0 Å². The minimum absolute atomic E-state index is 0.412. The molecule has 0 saturated carbocycles. The molecule has 1 unspecified atom stereocenters. The molecule has 2 heterocycles. The second kappa shape index (κ2) is 8.43. The van der Waals surface area contributed by atoms with E-state index in [1.54, 1.807) is 15.7 Å². The largest absolute Gasteiger partial charge is 0.383 e. The zero-order chi connectivity index (χ0) is 15.1. The summed E-state index contributed by atoms with van der Waals surface area (Å²) in [5.41, 5.74) is 0. The highest BCUT2D eigenvalue weighted by atomic mass is 32.2. The molecule has 21 heavy (non-hydrogen) atoms. The first kappa shape index (κ1) is 17.1. The van der Waals surface area contributed by atoms with Gasteiger partial charge in [-0.2, -0.15) is 17.0 Å². The highest BCUT2D eigenvalue weighted by Gasteiger charge is 2.33. The van der Waals surface area contributed by atoms with Crippen LogP contribution in [0.4, 0.5) is 0 Å². The van der Waals surface area contributed by atoms with Gasteiger partial charge in [-0.25, -0.2) is 0 Å². The Morgan fingerprint density at radius 2 is 1.81 bits per heavy atom. The van der Waals surface area contributed by atoms with Gasteiger partial charge >= 0.3 is 0 Å². The van der Waals surface area contributed by atoms with Crippen molar-refractivity contribution >= 4 is 10.2 Å². The lowest BCUT2D eigenvalue weighted by Crippen LogP contribution is -2.50. The van der Waals surface area contributed by atoms with Gasteiger partial charge in [-0.3, -0.25) is 0 Å². The first-order valence-electron chi connectivity index (χ1n) is 8.09. The normalized spacial score (nSPS) is 26.0. The zero-order valence-corrected chi connectivity index (χ0v) is 13.9. The van der Waals surface area contributed by atoms with Gasteiger partial charge in [-0.15, -0.1) is 0 Å². The summed E-state index contributed by atoms with van der Waals surface area (Å²) in [5, 5.41) is 3.35. The fourth-order valence-corrected chi connectivity index (χ4v) is 4.95. The maximum atomic E-state index is 12.7. The molecule has 7 heteroatoms. The van der Waals surface area contributed by atoms with Gasteiger partial charge in [-0.1, -0.05) is 6.42 Å². The van der Waals surface area contributed by atoms with Gasteiger partial charge in [0.15, 0.2) is 0 Å². The van der Waals surface area contributed by atoms with Crippen LogP contribution in [0.1, 0.15) is 32.1 Å². The first-order valence-corrected chi connectivity index (χ1v) is 9.49. The predicted molar refractivity (Wildman–Crippen MR) is 83.4 cm³/mol. The third-order valence-corrected chi connectivity index (χ3v) is 6.37. The average molecular weight is 319 g/mol. The molecule has 0 amide bonds. The Morgan fingerprint density at radius 3 is 2.52 bits per heavy atom. The van der Waals surface area contributed by atoms with Gasteiger partial charge in [0, 0.05) is 39.8 Å². The Balaban J connectivity index is 1.84. The van der Waals surface area contributed by atoms with Gasteiger partial charge in [0.1, 0.15) is 0 Å². The molecule has 0 aliphatic carbocycles. The summed E-state index contributed by atoms with van der Waals surface area (Å²) in [7, 11) is -1.55. The van der Waals surface area contributed by atoms with Crippen molar-refractivity contribution in [3.63, 3.8) is 0 Å². The van der Waals surface area contributed by atoms with E-state index in [-0.39, 0.29) is 0 Å². The number of ether oxygens (including phenoxy) is 1. The van der Waals surface area contributed by atoms with Gasteiger partial charge in [0.2, 0.25) is 0 Å². The summed E-state index contributed by atoms with van der Waals surface area (Å²) >= 11 is 0. The summed E-state index contributed by atoms with van der Waals surface area (Å²) in [4.78, 5) is 0. The number of nitrogens with one attached hydrogen (secondary N) is 1. The van der Waals surface area contributed by atoms with Crippen molar-refractivity contribution < 1.29 is 13.2 Å². The third kappa shape index (κ3) is 4.89. The van der Waals surface area contributed by atoms with E-state index in [0.29, 0.717) is 38.7 Å². The standard InChI is InChI=1S/C14H29N3O3S/c1-20-11-7-15-12-14-6-5-10-17(13-14)21(18,19)16-8-3-2-4-9-16/h14-15H,2-13H2,1H3. The van der Waals surface area contributed by atoms with Gasteiger partial charge < -0.3 is 10.1 Å². The van der Waals surface area contributed by atoms with E-state index in [1.807, 2.05) is 0 Å². The lowest BCUT2D eigenvalue weighted by Gasteiger charge is -2.36. The Bertz CT molecular complexity index is 396. The smallest absolute Gasteiger partial charge is 0.281 e. The number of nitrogens with zero attached hydrogens (tertiary/aromatic N) is 2. The molecule has 2 rings (SSSR count). The summed E-state index contributed by atoms with van der Waals surface area (Å²) in [6, 6.07) is 0. The summed E-state index contributed by atoms with van der Waals surface area (Å²) in [5.74, 6) is 0.412. The zero-order valence-electron chi connectivity index (χ0n) is 13.1. The van der Waals surface area contributed by atoms with Crippen LogP contribution in [0.25, 0.3) is 0 Å². The molecular formula is C14H29N3O3S. The number of hydrogen-bond acceptors (Lipinski definition) is 4. The van der Waals surface area contributed by atoms with Crippen LogP contribution < -0.4 is 5.32 Å². The van der Waals surface area contributed by atoms with E-state index in [4.69, 9.17) is 4.74 Å². The maximum absolute atomic E-state index is 12.7. The molecule has 0 bridgehead atoms. The van der Waals surface area contributed by atoms with Crippen molar-refractivity contribution in [3.8, 4) is 0 Å². The van der Waals surface area contributed by atoms with Crippen LogP contribution in [-0.4, -0.2) is 70.0 Å². The molecule has 2 fully saturated rings. The van der Waals surface area contributed by atoms with Crippen LogP contribution in [0.2, 0.25) is 0 Å². The van der Waals surface area contributed by atoms with Crippen LogP contribution in [0.15, 0.2) is 0 Å². The number of hydrogen-bond donors (Lipinski definition) is 1. The fraction of sp³-hybridized carbons (Fsp3) is 1.00. The second-order valence-electron chi connectivity index (χ2n) is 6.03. The molecule has 1 N–H and O–H groups in total. The topological polar surface area (TPSA) is 61.9 Å². The third-order valence-electron chi connectivity index (χ3n) is 4.37. The molecule has 0 aromatic heterocycles. The minimum atomic E-state index is -3.24. The van der Waals surface area contributed by atoms with Crippen molar-refractivity contribution in [2.75, 3.05) is 53.0 Å². The van der Waals surface area contributed by atoms with E-state index in [9.17, 15) is 8.42 Å². The molecule has 2 aliphatic heterocycles. The molecule has 1 atom stereocenters. The Labute approximate surface area is 129 Å². The lowest BCUT2D eigenvalue weighted by molar-refractivity contribution is 0.191. The molecular weight excluding hydrogens is 290 g/mol. The van der Waals surface area contributed by atoms with E-state index in [2.05, 4.69) is 5.32 Å². The summed E-state index contributed by atoms with van der Waals surface area (Å²) < 4.78 is 33.7. The monoisotopic (exact) mass is 319 g/mol. The maximum Gasteiger partial charge on any atom is 0.281 e. The van der Waals surface area contributed by atoms with Crippen LogP contribution in [-0.2, 0) is 14.9 Å². The van der Waals surface area contributed by atoms with Gasteiger partial charge in [0.05, 0.1) is 6.61 Å². The number of rotatable bonds is 7. The second-order valence-corrected chi connectivity index (χ2v) is 7.96. The molecule has 6 nitrogen and oxygen atoms in total. The van der Waals surface area contributed by atoms with E-state index in [0.717, 1.165) is 45.2 Å². The molecule has 0 aromatic rings. The Morgan fingerprint density at radius 1 is 1.10 bits per heavy atom. The number of piperidine rings is 2. The molecule has 2 aliphatic rings. The van der Waals surface area contributed by atoms with Crippen molar-refractivity contribution in [3.05, 3.63) is 0 Å². The summed E-state index contributed by atoms with van der Waals surface area (Å²) in [6.07, 6.45) is 5.21. The van der Waals surface area contributed by atoms with Crippen molar-refractivity contribution in [2.45, 2.75) is 32.1 Å². The number of methoxy groups -OCH3 is 1. The Kier molecular flexibility index (Phi) is 6.88. The van der Waals surface area contributed by atoms with Crippen molar-refractivity contribution in [1.29, 1.82) is 0 Å². The molecule has 2 saturated heterocycles. The Hall–Kier alpha value is -0.210. The van der Waals surface area contributed by atoms with E-state index >= 15 is 0 Å². The van der Waals surface area contributed by atoms with Gasteiger partial charge in [-0.05, 0) is 38.1 Å². The van der Waals surface area contributed by atoms with Crippen LogP contribution in [0.3, 0.4) is 0 Å². The van der Waals surface area contributed by atoms with E-state index < -0.39 is 10.2 Å². The predicted octanol–water partition coefficient (Wildman–Crippen LogP) is 0.665. The van der Waals surface area contributed by atoms with Crippen LogP contribution in [0, 0.1) is 5.92 Å². The van der Waals surface area contributed by atoms with Crippen molar-refractivity contribution in [2.24, 2.45) is 5.92 Å². The molecule has 0 aromatic carbocycles. The molecule has 0 radical (unpaired) electrons. The molecule has 124 valence electrons. The highest BCUT2D eigenvalue weighted by molar-refractivity contribution is 7.86. The lowest BCUT2D eigenvalue weighted by atomic mass is 10.00. The highest BCUT2D eigenvalue weighted by Crippen LogP contribution is 2.23.